The van der Waals surface area contributed by atoms with Crippen LogP contribution in [0, 0.1) is 5.92 Å². The van der Waals surface area contributed by atoms with Crippen LogP contribution in [0.25, 0.3) is 0 Å². The molecule has 1 saturated heterocycles. The Labute approximate surface area is 114 Å². The molecule has 2 atom stereocenters. The predicted molar refractivity (Wildman–Crippen MR) is 74.8 cm³/mol. The second-order valence-electron chi connectivity index (χ2n) is 5.63. The molecule has 0 aromatic heterocycles. The van der Waals surface area contributed by atoms with Crippen molar-refractivity contribution in [3.63, 3.8) is 0 Å². The minimum atomic E-state index is -1.32. The number of benzene rings is 1. The Bertz CT molecular complexity index is 435. The Morgan fingerprint density at radius 1 is 1.47 bits per heavy atom. The Balaban J connectivity index is 2.18. The largest absolute Gasteiger partial charge is 0.480 e. The lowest BCUT2D eigenvalue weighted by molar-refractivity contribution is -0.144. The highest BCUT2D eigenvalue weighted by Gasteiger charge is 2.38. The van der Waals surface area contributed by atoms with Crippen molar-refractivity contribution in [1.82, 2.24) is 4.90 Å². The molecule has 0 radical (unpaired) electrons. The molecule has 4 nitrogen and oxygen atoms in total. The first kappa shape index (κ1) is 14.0. The fourth-order valence-electron chi connectivity index (χ4n) is 2.80. The van der Waals surface area contributed by atoms with Gasteiger partial charge in [0.25, 0.3) is 0 Å². The lowest BCUT2D eigenvalue weighted by Gasteiger charge is -2.36. The summed E-state index contributed by atoms with van der Waals surface area (Å²) in [6, 6.07) is 9.12. The summed E-state index contributed by atoms with van der Waals surface area (Å²) >= 11 is 0. The average molecular weight is 262 g/mol. The minimum absolute atomic E-state index is 0.372. The normalized spacial score (nSPS) is 23.8. The zero-order valence-electron chi connectivity index (χ0n) is 11.4. The standard InChI is InChI=1S/C15H22N2O2/c1-12-6-5-9-17(10-12)11-15(16,14(18)19)13-7-3-2-4-8-13/h2-4,7-8,12H,5-6,9-11,16H2,1H3,(H,18,19). The number of carboxylic acid groups (broad SMARTS) is 1. The van der Waals surface area contributed by atoms with Gasteiger partial charge in [-0.3, -0.25) is 0 Å². The zero-order valence-corrected chi connectivity index (χ0v) is 11.4. The summed E-state index contributed by atoms with van der Waals surface area (Å²) < 4.78 is 0. The third kappa shape index (κ3) is 3.14. The third-order valence-electron chi connectivity index (χ3n) is 3.88. The fraction of sp³-hybridized carbons (Fsp3) is 0.533. The number of likely N-dealkylation sites (tertiary alicyclic amines) is 1. The molecule has 1 aliphatic heterocycles. The van der Waals surface area contributed by atoms with Gasteiger partial charge in [-0.05, 0) is 30.9 Å². The maximum atomic E-state index is 11.6. The van der Waals surface area contributed by atoms with Crippen LogP contribution in [0.2, 0.25) is 0 Å². The molecule has 1 aromatic carbocycles. The van der Waals surface area contributed by atoms with E-state index in [9.17, 15) is 9.90 Å². The number of nitrogens with two attached hydrogens (primary N) is 1. The van der Waals surface area contributed by atoms with Crippen molar-refractivity contribution in [3.8, 4) is 0 Å². The van der Waals surface area contributed by atoms with E-state index in [-0.39, 0.29) is 0 Å². The Hall–Kier alpha value is -1.39. The Morgan fingerprint density at radius 2 is 2.16 bits per heavy atom. The molecule has 1 aliphatic rings. The Kier molecular flexibility index (Phi) is 4.22. The summed E-state index contributed by atoms with van der Waals surface area (Å²) in [6.45, 7) is 4.44. The number of aliphatic carboxylic acids is 1. The maximum absolute atomic E-state index is 11.6. The van der Waals surface area contributed by atoms with Crippen LogP contribution < -0.4 is 5.73 Å². The van der Waals surface area contributed by atoms with Gasteiger partial charge >= 0.3 is 5.97 Å². The molecule has 104 valence electrons. The summed E-state index contributed by atoms with van der Waals surface area (Å²) in [7, 11) is 0. The molecule has 2 rings (SSSR count). The van der Waals surface area contributed by atoms with E-state index in [1.54, 1.807) is 12.1 Å². The second kappa shape index (κ2) is 5.72. The lowest BCUT2D eigenvalue weighted by Crippen LogP contribution is -2.55. The van der Waals surface area contributed by atoms with Crippen molar-refractivity contribution >= 4 is 5.97 Å². The van der Waals surface area contributed by atoms with Crippen LogP contribution in [0.5, 0.6) is 0 Å². The van der Waals surface area contributed by atoms with Crippen LogP contribution in [-0.2, 0) is 10.3 Å². The molecule has 1 aromatic rings. The van der Waals surface area contributed by atoms with Crippen LogP contribution in [0.1, 0.15) is 25.3 Å². The van der Waals surface area contributed by atoms with Gasteiger partial charge in [-0.15, -0.1) is 0 Å². The molecule has 0 bridgehead atoms. The van der Waals surface area contributed by atoms with E-state index in [0.29, 0.717) is 18.0 Å². The maximum Gasteiger partial charge on any atom is 0.329 e. The van der Waals surface area contributed by atoms with Crippen LogP contribution in [0.4, 0.5) is 0 Å². The van der Waals surface area contributed by atoms with E-state index in [2.05, 4.69) is 11.8 Å². The topological polar surface area (TPSA) is 66.6 Å². The molecular formula is C15H22N2O2. The second-order valence-corrected chi connectivity index (χ2v) is 5.63. The summed E-state index contributed by atoms with van der Waals surface area (Å²) in [5, 5.41) is 9.53. The number of nitrogens with zero attached hydrogens (tertiary/aromatic N) is 1. The molecule has 4 heteroatoms. The van der Waals surface area contributed by atoms with Crippen LogP contribution >= 0.6 is 0 Å². The highest BCUT2D eigenvalue weighted by Crippen LogP contribution is 2.23. The van der Waals surface area contributed by atoms with Gasteiger partial charge in [0, 0.05) is 13.1 Å². The van der Waals surface area contributed by atoms with Crippen molar-refractivity contribution in [1.29, 1.82) is 0 Å². The summed E-state index contributed by atoms with van der Waals surface area (Å²) in [5.74, 6) is -0.348. The number of piperidine rings is 1. The van der Waals surface area contributed by atoms with Gasteiger partial charge in [-0.1, -0.05) is 37.3 Å². The number of carboxylic acids is 1. The molecule has 3 N–H and O–H groups in total. The van der Waals surface area contributed by atoms with Crippen molar-refractivity contribution < 1.29 is 9.90 Å². The van der Waals surface area contributed by atoms with Crippen LogP contribution in [0.15, 0.2) is 30.3 Å². The third-order valence-corrected chi connectivity index (χ3v) is 3.88. The molecule has 0 saturated carbocycles. The van der Waals surface area contributed by atoms with Gasteiger partial charge in [0.2, 0.25) is 0 Å². The quantitative estimate of drug-likeness (QED) is 0.866. The first-order valence-corrected chi connectivity index (χ1v) is 6.82. The SMILES string of the molecule is CC1CCCN(CC(N)(C(=O)O)c2ccccc2)C1. The number of hydrogen-bond acceptors (Lipinski definition) is 3. The van der Waals surface area contributed by atoms with Gasteiger partial charge < -0.3 is 15.7 Å². The highest BCUT2D eigenvalue weighted by molar-refractivity contribution is 5.80. The van der Waals surface area contributed by atoms with E-state index in [4.69, 9.17) is 5.73 Å². The van der Waals surface area contributed by atoms with Gasteiger partial charge in [0.05, 0.1) is 0 Å². The number of hydrogen-bond donors (Lipinski definition) is 2. The van der Waals surface area contributed by atoms with Crippen molar-refractivity contribution in [2.45, 2.75) is 25.3 Å². The minimum Gasteiger partial charge on any atom is -0.480 e. The molecule has 0 amide bonds. The predicted octanol–water partition coefficient (Wildman–Crippen LogP) is 1.66. The van der Waals surface area contributed by atoms with E-state index in [1.807, 2.05) is 18.2 Å². The molecule has 1 fully saturated rings. The molecular weight excluding hydrogens is 240 g/mol. The van der Waals surface area contributed by atoms with Gasteiger partial charge in [0.1, 0.15) is 0 Å². The average Bonchev–Trinajstić information content (AvgIpc) is 2.39. The van der Waals surface area contributed by atoms with Crippen molar-refractivity contribution in [3.05, 3.63) is 35.9 Å². The molecule has 1 heterocycles. The Morgan fingerprint density at radius 3 is 2.74 bits per heavy atom. The van der Waals surface area contributed by atoms with Gasteiger partial charge in [0.15, 0.2) is 5.54 Å². The van der Waals surface area contributed by atoms with Gasteiger partial charge in [-0.25, -0.2) is 4.79 Å². The zero-order chi connectivity index (χ0) is 13.9. The van der Waals surface area contributed by atoms with E-state index >= 15 is 0 Å². The fourth-order valence-corrected chi connectivity index (χ4v) is 2.80. The van der Waals surface area contributed by atoms with Gasteiger partial charge in [-0.2, -0.15) is 0 Å². The molecule has 2 unspecified atom stereocenters. The monoisotopic (exact) mass is 262 g/mol. The van der Waals surface area contributed by atoms with Crippen molar-refractivity contribution in [2.75, 3.05) is 19.6 Å². The highest BCUT2D eigenvalue weighted by atomic mass is 16.4. The smallest absolute Gasteiger partial charge is 0.329 e. The van der Waals surface area contributed by atoms with Crippen LogP contribution in [0.3, 0.4) is 0 Å². The van der Waals surface area contributed by atoms with Crippen LogP contribution in [-0.4, -0.2) is 35.6 Å². The van der Waals surface area contributed by atoms with E-state index in [0.717, 1.165) is 19.5 Å². The van der Waals surface area contributed by atoms with E-state index in [1.165, 1.54) is 6.42 Å². The lowest BCUT2D eigenvalue weighted by atomic mass is 9.89. The van der Waals surface area contributed by atoms with E-state index < -0.39 is 11.5 Å². The molecule has 0 spiro atoms. The van der Waals surface area contributed by atoms with Crippen molar-refractivity contribution in [2.24, 2.45) is 11.7 Å². The molecule has 19 heavy (non-hydrogen) atoms. The first-order valence-electron chi connectivity index (χ1n) is 6.82. The number of carbonyl (C=O) groups is 1. The summed E-state index contributed by atoms with van der Waals surface area (Å²) in [6.07, 6.45) is 2.33. The first-order chi connectivity index (χ1) is 9.02. The molecule has 0 aliphatic carbocycles. The summed E-state index contributed by atoms with van der Waals surface area (Å²) in [4.78, 5) is 13.8. The number of rotatable bonds is 4. The summed E-state index contributed by atoms with van der Waals surface area (Å²) in [5.41, 5.74) is 5.54.